The van der Waals surface area contributed by atoms with Gasteiger partial charge in [0.2, 0.25) is 0 Å². The van der Waals surface area contributed by atoms with Crippen molar-refractivity contribution in [2.24, 2.45) is 0 Å². The van der Waals surface area contributed by atoms with Crippen LogP contribution in [0.4, 0.5) is 0 Å². The van der Waals surface area contributed by atoms with Gasteiger partial charge in [0.15, 0.2) is 5.65 Å². The van der Waals surface area contributed by atoms with Gasteiger partial charge in [0.05, 0.1) is 5.52 Å². The quantitative estimate of drug-likeness (QED) is 0.646. The van der Waals surface area contributed by atoms with Crippen LogP contribution >= 0.6 is 0 Å². The van der Waals surface area contributed by atoms with E-state index in [-0.39, 0.29) is 0 Å². The molecule has 0 radical (unpaired) electrons. The first-order valence-electron chi connectivity index (χ1n) is 6.53. The van der Waals surface area contributed by atoms with Crippen LogP contribution in [0.1, 0.15) is 24.7 Å². The Morgan fingerprint density at radius 3 is 2.94 bits per heavy atom. The molecule has 98 valence electrons. The van der Waals surface area contributed by atoms with Gasteiger partial charge in [0, 0.05) is 12.7 Å². The number of nitrogens with zero attached hydrogens (tertiary/aromatic N) is 2. The summed E-state index contributed by atoms with van der Waals surface area (Å²) in [6, 6.07) is 2.04. The number of fused-ring (bicyclic) bond motifs is 1. The van der Waals surface area contributed by atoms with Gasteiger partial charge >= 0.3 is 0 Å². The van der Waals surface area contributed by atoms with Gasteiger partial charge in [-0.15, -0.1) is 0 Å². The lowest BCUT2D eigenvalue weighted by Crippen LogP contribution is -2.21. The lowest BCUT2D eigenvalue weighted by Gasteiger charge is -2.05. The van der Waals surface area contributed by atoms with E-state index < -0.39 is 0 Å². The van der Waals surface area contributed by atoms with E-state index in [4.69, 9.17) is 0 Å². The molecule has 3 N–H and O–H groups in total. The van der Waals surface area contributed by atoms with E-state index >= 15 is 0 Å². The average Bonchev–Trinajstić information content (AvgIpc) is 2.74. The predicted octanol–water partition coefficient (Wildman–Crippen LogP) is 1.36. The van der Waals surface area contributed by atoms with E-state index in [1.807, 2.05) is 19.2 Å². The second-order valence-electron chi connectivity index (χ2n) is 4.37. The van der Waals surface area contributed by atoms with Crippen molar-refractivity contribution in [3.8, 4) is 0 Å². The molecular weight excluding hydrogens is 226 g/mol. The summed E-state index contributed by atoms with van der Waals surface area (Å²) in [5, 5.41) is 6.76. The molecule has 0 atom stereocenters. The molecule has 18 heavy (non-hydrogen) atoms. The Labute approximate surface area is 107 Å². The SMILES string of the molecule is CCNCCCNCc1ccnc2nc(C)[nH]c12. The van der Waals surface area contributed by atoms with E-state index in [0.29, 0.717) is 0 Å². The van der Waals surface area contributed by atoms with Crippen molar-refractivity contribution in [3.63, 3.8) is 0 Å². The molecule has 2 heterocycles. The number of aromatic amines is 1. The second-order valence-corrected chi connectivity index (χ2v) is 4.37. The molecule has 0 aliphatic heterocycles. The van der Waals surface area contributed by atoms with E-state index in [9.17, 15) is 0 Å². The number of hydrogen-bond donors (Lipinski definition) is 3. The summed E-state index contributed by atoms with van der Waals surface area (Å²) in [6.45, 7) is 8.06. The van der Waals surface area contributed by atoms with Crippen molar-refractivity contribution in [1.82, 2.24) is 25.6 Å². The monoisotopic (exact) mass is 247 g/mol. The molecule has 2 aromatic rings. The van der Waals surface area contributed by atoms with Gasteiger partial charge in [-0.25, -0.2) is 9.97 Å². The Bertz CT molecular complexity index is 491. The third kappa shape index (κ3) is 3.27. The highest BCUT2D eigenvalue weighted by molar-refractivity contribution is 5.74. The summed E-state index contributed by atoms with van der Waals surface area (Å²) in [4.78, 5) is 11.9. The van der Waals surface area contributed by atoms with E-state index in [1.54, 1.807) is 0 Å². The topological polar surface area (TPSA) is 65.6 Å². The van der Waals surface area contributed by atoms with Crippen LogP contribution in [-0.4, -0.2) is 34.6 Å². The fraction of sp³-hybridized carbons (Fsp3) is 0.538. The number of H-pyrrole nitrogens is 1. The number of rotatable bonds is 7. The van der Waals surface area contributed by atoms with E-state index in [0.717, 1.165) is 49.6 Å². The molecule has 0 aliphatic rings. The Morgan fingerprint density at radius 2 is 2.11 bits per heavy atom. The summed E-state index contributed by atoms with van der Waals surface area (Å²) in [5.41, 5.74) is 3.08. The molecular formula is C13H21N5. The van der Waals surface area contributed by atoms with Crippen molar-refractivity contribution in [2.75, 3.05) is 19.6 Å². The number of aryl methyl sites for hydroxylation is 1. The largest absolute Gasteiger partial charge is 0.341 e. The second kappa shape index (κ2) is 6.47. The maximum atomic E-state index is 4.34. The number of aromatic nitrogens is 3. The summed E-state index contributed by atoms with van der Waals surface area (Å²) >= 11 is 0. The molecule has 0 spiro atoms. The summed E-state index contributed by atoms with van der Waals surface area (Å²) in [6.07, 6.45) is 2.96. The smallest absolute Gasteiger partial charge is 0.177 e. The molecule has 5 nitrogen and oxygen atoms in total. The third-order valence-corrected chi connectivity index (χ3v) is 2.87. The number of pyridine rings is 1. The molecule has 0 aromatic carbocycles. The zero-order valence-electron chi connectivity index (χ0n) is 11.1. The molecule has 2 aromatic heterocycles. The predicted molar refractivity (Wildman–Crippen MR) is 73.5 cm³/mol. The van der Waals surface area contributed by atoms with Crippen molar-refractivity contribution < 1.29 is 0 Å². The molecule has 0 aliphatic carbocycles. The van der Waals surface area contributed by atoms with Crippen LogP contribution in [0.25, 0.3) is 11.2 Å². The Balaban J connectivity index is 1.87. The van der Waals surface area contributed by atoms with Crippen LogP contribution in [0.5, 0.6) is 0 Å². The molecule has 0 unspecified atom stereocenters. The highest BCUT2D eigenvalue weighted by atomic mass is 15.0. The van der Waals surface area contributed by atoms with Gasteiger partial charge in [-0.3, -0.25) is 0 Å². The first-order chi connectivity index (χ1) is 8.81. The van der Waals surface area contributed by atoms with Crippen molar-refractivity contribution >= 4 is 11.2 Å². The Hall–Kier alpha value is -1.46. The minimum atomic E-state index is 0.805. The van der Waals surface area contributed by atoms with E-state index in [2.05, 4.69) is 32.5 Å². The van der Waals surface area contributed by atoms with Gasteiger partial charge in [-0.2, -0.15) is 0 Å². The lowest BCUT2D eigenvalue weighted by molar-refractivity contribution is 0.607. The van der Waals surface area contributed by atoms with Gasteiger partial charge in [-0.05, 0) is 44.6 Å². The van der Waals surface area contributed by atoms with Crippen LogP contribution in [-0.2, 0) is 6.54 Å². The lowest BCUT2D eigenvalue weighted by atomic mass is 10.2. The normalized spacial score (nSPS) is 11.2. The first-order valence-corrected chi connectivity index (χ1v) is 6.53. The maximum Gasteiger partial charge on any atom is 0.177 e. The molecule has 0 saturated heterocycles. The van der Waals surface area contributed by atoms with Crippen molar-refractivity contribution in [3.05, 3.63) is 23.7 Å². The first kappa shape index (κ1) is 13.0. The molecule has 5 heteroatoms. The highest BCUT2D eigenvalue weighted by Gasteiger charge is 2.05. The molecule has 0 bridgehead atoms. The van der Waals surface area contributed by atoms with Crippen molar-refractivity contribution in [1.29, 1.82) is 0 Å². The average molecular weight is 247 g/mol. The van der Waals surface area contributed by atoms with Crippen LogP contribution < -0.4 is 10.6 Å². The molecule has 0 amide bonds. The highest BCUT2D eigenvalue weighted by Crippen LogP contribution is 2.13. The summed E-state index contributed by atoms with van der Waals surface area (Å²) < 4.78 is 0. The molecule has 0 fully saturated rings. The van der Waals surface area contributed by atoms with Gasteiger partial charge in [0.1, 0.15) is 5.82 Å². The fourth-order valence-corrected chi connectivity index (χ4v) is 1.96. The Kier molecular flexibility index (Phi) is 4.66. The Morgan fingerprint density at radius 1 is 1.28 bits per heavy atom. The van der Waals surface area contributed by atoms with Crippen LogP contribution in [0, 0.1) is 6.92 Å². The van der Waals surface area contributed by atoms with E-state index in [1.165, 1.54) is 5.56 Å². The zero-order chi connectivity index (χ0) is 12.8. The molecule has 2 rings (SSSR count). The van der Waals surface area contributed by atoms with Crippen molar-refractivity contribution in [2.45, 2.75) is 26.8 Å². The minimum absolute atomic E-state index is 0.805. The van der Waals surface area contributed by atoms with Crippen LogP contribution in [0.15, 0.2) is 12.3 Å². The van der Waals surface area contributed by atoms with Crippen LogP contribution in [0.3, 0.4) is 0 Å². The van der Waals surface area contributed by atoms with Gasteiger partial charge < -0.3 is 15.6 Å². The van der Waals surface area contributed by atoms with Gasteiger partial charge in [-0.1, -0.05) is 6.92 Å². The van der Waals surface area contributed by atoms with Crippen LogP contribution in [0.2, 0.25) is 0 Å². The number of imidazole rings is 1. The summed E-state index contributed by atoms with van der Waals surface area (Å²) in [5.74, 6) is 0.914. The molecule has 0 saturated carbocycles. The standard InChI is InChI=1S/C13H21N5/c1-3-14-6-4-7-15-9-11-5-8-16-13-12(11)17-10(2)18-13/h5,8,14-15H,3-4,6-7,9H2,1-2H3,(H,16,17,18). The fourth-order valence-electron chi connectivity index (χ4n) is 1.96. The maximum absolute atomic E-state index is 4.34. The number of nitrogens with one attached hydrogen (secondary N) is 3. The van der Waals surface area contributed by atoms with Gasteiger partial charge in [0.25, 0.3) is 0 Å². The zero-order valence-corrected chi connectivity index (χ0v) is 11.1. The minimum Gasteiger partial charge on any atom is -0.341 e. The summed E-state index contributed by atoms with van der Waals surface area (Å²) in [7, 11) is 0. The third-order valence-electron chi connectivity index (χ3n) is 2.87. The number of hydrogen-bond acceptors (Lipinski definition) is 4.